The molecule has 0 radical (unpaired) electrons. The lowest BCUT2D eigenvalue weighted by molar-refractivity contribution is -0.130. The summed E-state index contributed by atoms with van der Waals surface area (Å²) < 4.78 is 5.24. The number of urea groups is 1. The van der Waals surface area contributed by atoms with Crippen LogP contribution in [-0.4, -0.2) is 54.8 Å². The van der Waals surface area contributed by atoms with Crippen molar-refractivity contribution in [2.24, 2.45) is 11.5 Å². The molecular formula is C30H30N6O6. The highest BCUT2D eigenvalue weighted by Crippen LogP contribution is 2.34. The molecule has 3 aromatic carbocycles. The van der Waals surface area contributed by atoms with E-state index >= 15 is 0 Å². The van der Waals surface area contributed by atoms with Crippen molar-refractivity contribution in [3.63, 3.8) is 0 Å². The molecule has 12 heteroatoms. The Kier molecular flexibility index (Phi) is 7.17. The van der Waals surface area contributed by atoms with Crippen molar-refractivity contribution in [2.75, 3.05) is 20.2 Å². The van der Waals surface area contributed by atoms with E-state index in [0.717, 1.165) is 16.7 Å². The van der Waals surface area contributed by atoms with Crippen LogP contribution < -0.4 is 32.2 Å². The first-order chi connectivity index (χ1) is 20.0. The van der Waals surface area contributed by atoms with Crippen molar-refractivity contribution in [1.29, 1.82) is 0 Å². The minimum atomic E-state index is -1.55. The summed E-state index contributed by atoms with van der Waals surface area (Å²) in [6.45, 7) is 1.26. The van der Waals surface area contributed by atoms with Gasteiger partial charge in [0.15, 0.2) is 11.1 Å². The molecule has 5 rings (SSSR count). The molecule has 2 aliphatic heterocycles. The van der Waals surface area contributed by atoms with Gasteiger partial charge in [0.1, 0.15) is 5.75 Å². The molecular weight excluding hydrogens is 540 g/mol. The lowest BCUT2D eigenvalue weighted by Crippen LogP contribution is -2.58. The number of amides is 6. The molecule has 12 nitrogen and oxygen atoms in total. The third kappa shape index (κ3) is 4.71. The van der Waals surface area contributed by atoms with Gasteiger partial charge in [0.25, 0.3) is 11.8 Å². The van der Waals surface area contributed by atoms with E-state index in [2.05, 4.69) is 16.0 Å². The highest BCUT2D eigenvalue weighted by Gasteiger charge is 2.50. The number of imide groups is 1. The minimum Gasteiger partial charge on any atom is -0.497 e. The van der Waals surface area contributed by atoms with Crippen molar-refractivity contribution in [3.05, 3.63) is 89.0 Å². The van der Waals surface area contributed by atoms with Gasteiger partial charge < -0.3 is 31.7 Å². The van der Waals surface area contributed by atoms with Crippen LogP contribution in [0.3, 0.4) is 0 Å². The van der Waals surface area contributed by atoms with Crippen LogP contribution in [0.15, 0.2) is 66.7 Å². The van der Waals surface area contributed by atoms with Crippen LogP contribution >= 0.6 is 0 Å². The SMILES string of the molecule is COc1ccc2c(c1)C(=O)N(CC1(c3ccc(-c4ccc(C(CN)(NC(C)=O)C(N)=O)cc4)cc3)NC(=O)NC1=O)C2. The van der Waals surface area contributed by atoms with Gasteiger partial charge in [-0.1, -0.05) is 54.6 Å². The van der Waals surface area contributed by atoms with Crippen LogP contribution in [0.5, 0.6) is 5.75 Å². The molecule has 1 fully saturated rings. The number of nitrogens with one attached hydrogen (secondary N) is 3. The van der Waals surface area contributed by atoms with Crippen LogP contribution in [0, 0.1) is 0 Å². The Morgan fingerprint density at radius 2 is 1.67 bits per heavy atom. The molecule has 2 heterocycles. The van der Waals surface area contributed by atoms with Crippen LogP contribution in [0.25, 0.3) is 11.1 Å². The van der Waals surface area contributed by atoms with Crippen LogP contribution in [0.4, 0.5) is 4.79 Å². The molecule has 0 saturated carbocycles. The summed E-state index contributed by atoms with van der Waals surface area (Å²) in [4.78, 5) is 64.3. The summed E-state index contributed by atoms with van der Waals surface area (Å²) in [6.07, 6.45) is 0. The van der Waals surface area contributed by atoms with Gasteiger partial charge in [0.2, 0.25) is 11.8 Å². The van der Waals surface area contributed by atoms with Gasteiger partial charge in [0, 0.05) is 25.6 Å². The third-order valence-corrected chi connectivity index (χ3v) is 7.77. The quantitative estimate of drug-likeness (QED) is 0.236. The topological polar surface area (TPSA) is 186 Å². The van der Waals surface area contributed by atoms with Crippen molar-refractivity contribution >= 4 is 29.7 Å². The second kappa shape index (κ2) is 10.6. The van der Waals surface area contributed by atoms with E-state index in [9.17, 15) is 24.0 Å². The summed E-state index contributed by atoms with van der Waals surface area (Å²) in [5, 5.41) is 7.61. The fraction of sp³-hybridized carbons (Fsp3) is 0.233. The number of hydrogen-bond donors (Lipinski definition) is 5. The Labute approximate surface area is 241 Å². The van der Waals surface area contributed by atoms with Crippen molar-refractivity contribution in [2.45, 2.75) is 24.5 Å². The van der Waals surface area contributed by atoms with Gasteiger partial charge in [-0.15, -0.1) is 0 Å². The summed E-state index contributed by atoms with van der Waals surface area (Å²) in [6, 6.07) is 18.4. The van der Waals surface area contributed by atoms with E-state index in [0.29, 0.717) is 22.4 Å². The van der Waals surface area contributed by atoms with Crippen LogP contribution in [0.1, 0.15) is 34.0 Å². The van der Waals surface area contributed by atoms with Crippen LogP contribution in [0.2, 0.25) is 0 Å². The second-order valence-corrected chi connectivity index (χ2v) is 10.3. The zero-order valence-corrected chi connectivity index (χ0v) is 23.0. The predicted octanol–water partition coefficient (Wildman–Crippen LogP) is 0.828. The average molecular weight is 571 g/mol. The van der Waals surface area contributed by atoms with E-state index in [1.165, 1.54) is 18.9 Å². The number of nitrogens with zero attached hydrogens (tertiary/aromatic N) is 1. The zero-order valence-electron chi connectivity index (χ0n) is 23.0. The Bertz CT molecular complexity index is 1610. The molecule has 2 atom stereocenters. The van der Waals surface area contributed by atoms with Gasteiger partial charge in [0.05, 0.1) is 13.7 Å². The second-order valence-electron chi connectivity index (χ2n) is 10.3. The van der Waals surface area contributed by atoms with Crippen molar-refractivity contribution in [3.8, 4) is 16.9 Å². The summed E-state index contributed by atoms with van der Waals surface area (Å²) in [5.41, 5.74) is 12.2. The largest absolute Gasteiger partial charge is 0.497 e. The lowest BCUT2D eigenvalue weighted by Gasteiger charge is -2.31. The molecule has 0 aromatic heterocycles. The number of fused-ring (bicyclic) bond motifs is 1. The molecule has 1 saturated heterocycles. The monoisotopic (exact) mass is 570 g/mol. The first kappa shape index (κ1) is 28.3. The van der Waals surface area contributed by atoms with Crippen LogP contribution in [-0.2, 0) is 32.0 Å². The molecule has 0 spiro atoms. The molecule has 2 unspecified atom stereocenters. The number of carbonyl (C=O) groups is 5. The molecule has 2 aliphatic rings. The lowest BCUT2D eigenvalue weighted by atomic mass is 9.86. The van der Waals surface area contributed by atoms with Crippen molar-refractivity contribution < 1.29 is 28.7 Å². The van der Waals surface area contributed by atoms with Gasteiger partial charge in [-0.2, -0.15) is 0 Å². The number of methoxy groups -OCH3 is 1. The van der Waals surface area contributed by atoms with E-state index in [1.54, 1.807) is 60.7 Å². The highest BCUT2D eigenvalue weighted by atomic mass is 16.5. The zero-order chi connectivity index (χ0) is 30.2. The number of nitrogens with two attached hydrogens (primary N) is 2. The fourth-order valence-corrected chi connectivity index (χ4v) is 5.52. The van der Waals surface area contributed by atoms with Gasteiger partial charge in [-0.3, -0.25) is 24.5 Å². The Balaban J connectivity index is 1.43. The number of ether oxygens (including phenoxy) is 1. The summed E-state index contributed by atoms with van der Waals surface area (Å²) >= 11 is 0. The van der Waals surface area contributed by atoms with E-state index in [-0.39, 0.29) is 25.5 Å². The maximum Gasteiger partial charge on any atom is 0.322 e. The first-order valence-corrected chi connectivity index (χ1v) is 13.1. The van der Waals surface area contributed by atoms with Gasteiger partial charge >= 0.3 is 6.03 Å². The van der Waals surface area contributed by atoms with Crippen molar-refractivity contribution in [1.82, 2.24) is 20.9 Å². The molecule has 3 aromatic rings. The Morgan fingerprint density at radius 1 is 1.02 bits per heavy atom. The number of hydrogen-bond acceptors (Lipinski definition) is 7. The van der Waals surface area contributed by atoms with E-state index in [1.807, 2.05) is 6.07 Å². The normalized spacial score (nSPS) is 19.0. The molecule has 42 heavy (non-hydrogen) atoms. The molecule has 0 bridgehead atoms. The predicted molar refractivity (Wildman–Crippen MR) is 152 cm³/mol. The molecule has 0 aliphatic carbocycles. The molecule has 216 valence electrons. The summed E-state index contributed by atoms with van der Waals surface area (Å²) in [5.74, 6) is -1.51. The number of rotatable bonds is 9. The number of benzene rings is 3. The summed E-state index contributed by atoms with van der Waals surface area (Å²) in [7, 11) is 1.52. The number of carbonyl (C=O) groups excluding carboxylic acids is 5. The third-order valence-electron chi connectivity index (χ3n) is 7.77. The highest BCUT2D eigenvalue weighted by molar-refractivity contribution is 6.08. The first-order valence-electron chi connectivity index (χ1n) is 13.1. The van der Waals surface area contributed by atoms with Gasteiger partial charge in [-0.05, 0) is 39.9 Å². The maximum atomic E-state index is 13.2. The maximum absolute atomic E-state index is 13.2. The smallest absolute Gasteiger partial charge is 0.322 e. The Morgan fingerprint density at radius 3 is 2.19 bits per heavy atom. The fourth-order valence-electron chi connectivity index (χ4n) is 5.52. The Hall–Kier alpha value is -5.23. The standard InChI is InChI=1S/C30H30N6O6/c1-17(37)34-29(15-31,26(32)39)21-8-3-18(4-9-21)19-5-10-22(11-6-19)30(27(40)33-28(41)35-30)16-36-14-20-7-12-23(42-2)13-24(20)25(36)38/h3-13H,14-16,31H2,1-2H3,(H2,32,39)(H,34,37)(H2,33,35,40,41). The van der Waals surface area contributed by atoms with Gasteiger partial charge in [-0.25, -0.2) is 4.79 Å². The van der Waals surface area contributed by atoms with E-state index < -0.39 is 34.8 Å². The average Bonchev–Trinajstić information content (AvgIpc) is 3.45. The van der Waals surface area contributed by atoms with E-state index in [4.69, 9.17) is 16.2 Å². The minimum absolute atomic E-state index is 0.0775. The molecule has 7 N–H and O–H groups in total. The number of primary amides is 1. The molecule has 6 amide bonds.